The molecule has 5 nitrogen and oxygen atoms in total. The van der Waals surface area contributed by atoms with E-state index >= 15 is 0 Å². The minimum atomic E-state index is 0.313. The van der Waals surface area contributed by atoms with Crippen LogP contribution < -0.4 is 11.1 Å². The Hall–Kier alpha value is -1.95. The predicted molar refractivity (Wildman–Crippen MR) is 70.8 cm³/mol. The molecular formula is C11H13N5S. The summed E-state index contributed by atoms with van der Waals surface area (Å²) in [6.45, 7) is 1.60. The first-order chi connectivity index (χ1) is 8.25. The number of aromatic nitrogens is 3. The van der Waals surface area contributed by atoms with Crippen molar-refractivity contribution < 1.29 is 0 Å². The summed E-state index contributed by atoms with van der Waals surface area (Å²) in [7, 11) is 0. The third kappa shape index (κ3) is 3.25. The highest BCUT2D eigenvalue weighted by atomic mass is 32.1. The Kier molecular flexibility index (Phi) is 3.66. The lowest BCUT2D eigenvalue weighted by molar-refractivity contribution is 0.638. The number of thiocarbonyl (C=S) groups is 1. The fourth-order valence-corrected chi connectivity index (χ4v) is 1.51. The van der Waals surface area contributed by atoms with Gasteiger partial charge in [-0.25, -0.2) is 0 Å². The summed E-state index contributed by atoms with van der Waals surface area (Å²) >= 11 is 4.83. The number of nitrogens with two attached hydrogens (primary N) is 1. The summed E-state index contributed by atoms with van der Waals surface area (Å²) in [6.07, 6.45) is 5.41. The topological polar surface area (TPSA) is 68.8 Å². The van der Waals surface area contributed by atoms with E-state index in [-0.39, 0.29) is 0 Å². The van der Waals surface area contributed by atoms with Crippen molar-refractivity contribution in [2.45, 2.75) is 6.54 Å². The molecule has 0 aromatic carbocycles. The van der Waals surface area contributed by atoms with Gasteiger partial charge in [0.05, 0.1) is 24.1 Å². The van der Waals surface area contributed by atoms with Gasteiger partial charge in [-0.2, -0.15) is 5.10 Å². The van der Waals surface area contributed by atoms with Gasteiger partial charge >= 0.3 is 0 Å². The lowest BCUT2D eigenvalue weighted by atomic mass is 10.3. The number of pyridine rings is 1. The minimum Gasteiger partial charge on any atom is -0.388 e. The van der Waals surface area contributed by atoms with Crippen LogP contribution in [0.3, 0.4) is 0 Å². The summed E-state index contributed by atoms with van der Waals surface area (Å²) in [5.74, 6) is 0. The summed E-state index contributed by atoms with van der Waals surface area (Å²) in [5.41, 5.74) is 7.04. The van der Waals surface area contributed by atoms with Crippen LogP contribution in [0.15, 0.2) is 36.8 Å². The summed E-state index contributed by atoms with van der Waals surface area (Å²) < 4.78 is 1.86. The maximum absolute atomic E-state index is 5.47. The van der Waals surface area contributed by atoms with E-state index in [1.165, 1.54) is 0 Å². The van der Waals surface area contributed by atoms with Gasteiger partial charge in [0.2, 0.25) is 0 Å². The normalized spacial score (nSPS) is 10.1. The van der Waals surface area contributed by atoms with Crippen LogP contribution in [0.4, 0.5) is 5.69 Å². The Morgan fingerprint density at radius 1 is 1.47 bits per heavy atom. The predicted octanol–water partition coefficient (Wildman–Crippen LogP) is 1.02. The van der Waals surface area contributed by atoms with Crippen LogP contribution in [-0.4, -0.2) is 26.3 Å². The van der Waals surface area contributed by atoms with Crippen LogP contribution >= 0.6 is 12.2 Å². The number of hydrogen-bond acceptors (Lipinski definition) is 4. The van der Waals surface area contributed by atoms with Gasteiger partial charge in [0.1, 0.15) is 4.99 Å². The first-order valence-corrected chi connectivity index (χ1v) is 5.64. The molecule has 0 unspecified atom stereocenters. The maximum atomic E-state index is 5.47. The maximum Gasteiger partial charge on any atom is 0.122 e. The third-order valence-corrected chi connectivity index (χ3v) is 2.45. The molecule has 2 rings (SSSR count). The minimum absolute atomic E-state index is 0.313. The standard InChI is InChI=1S/C11H13N5S/c12-11(17)10-3-2-9(8-14-10)13-5-7-16-6-1-4-15-16/h1-4,6,8,13H,5,7H2,(H2,12,17). The molecule has 0 fully saturated rings. The van der Waals surface area contributed by atoms with E-state index in [9.17, 15) is 0 Å². The molecule has 0 amide bonds. The Balaban J connectivity index is 1.85. The van der Waals surface area contributed by atoms with E-state index in [4.69, 9.17) is 18.0 Å². The molecule has 0 saturated carbocycles. The van der Waals surface area contributed by atoms with E-state index in [1.807, 2.05) is 23.0 Å². The number of rotatable bonds is 5. The van der Waals surface area contributed by atoms with Crippen molar-refractivity contribution in [2.24, 2.45) is 5.73 Å². The first-order valence-electron chi connectivity index (χ1n) is 5.23. The fraction of sp³-hybridized carbons (Fsp3) is 0.182. The molecule has 0 bridgehead atoms. The van der Waals surface area contributed by atoms with Gasteiger partial charge in [0.15, 0.2) is 0 Å². The van der Waals surface area contributed by atoms with Gasteiger partial charge < -0.3 is 11.1 Å². The van der Waals surface area contributed by atoms with Crippen LogP contribution in [0.1, 0.15) is 5.69 Å². The van der Waals surface area contributed by atoms with E-state index in [0.29, 0.717) is 10.7 Å². The molecule has 0 aliphatic rings. The second kappa shape index (κ2) is 5.40. The molecule has 88 valence electrons. The van der Waals surface area contributed by atoms with E-state index in [0.717, 1.165) is 18.8 Å². The van der Waals surface area contributed by atoms with Crippen molar-refractivity contribution >= 4 is 22.9 Å². The molecule has 0 saturated heterocycles. The average molecular weight is 247 g/mol. The van der Waals surface area contributed by atoms with Crippen LogP contribution in [0.25, 0.3) is 0 Å². The van der Waals surface area contributed by atoms with Crippen molar-refractivity contribution in [3.8, 4) is 0 Å². The molecule has 0 atom stereocenters. The van der Waals surface area contributed by atoms with Crippen LogP contribution in [0, 0.1) is 0 Å². The first kappa shape index (κ1) is 11.5. The fourth-order valence-electron chi connectivity index (χ4n) is 1.39. The monoisotopic (exact) mass is 247 g/mol. The molecule has 2 aromatic rings. The molecule has 3 N–H and O–H groups in total. The SMILES string of the molecule is NC(=S)c1ccc(NCCn2cccn2)cn1. The molecule has 17 heavy (non-hydrogen) atoms. The largest absolute Gasteiger partial charge is 0.388 e. The highest BCUT2D eigenvalue weighted by Gasteiger charge is 1.98. The van der Waals surface area contributed by atoms with Gasteiger partial charge in [-0.05, 0) is 18.2 Å². The van der Waals surface area contributed by atoms with E-state index in [2.05, 4.69) is 15.4 Å². The van der Waals surface area contributed by atoms with Crippen molar-refractivity contribution in [1.29, 1.82) is 0 Å². The number of hydrogen-bond donors (Lipinski definition) is 2. The van der Waals surface area contributed by atoms with Crippen molar-refractivity contribution in [3.05, 3.63) is 42.5 Å². The van der Waals surface area contributed by atoms with Gasteiger partial charge in [-0.3, -0.25) is 9.67 Å². The molecule has 6 heteroatoms. The molecule has 0 radical (unpaired) electrons. The number of anilines is 1. The summed E-state index contributed by atoms with van der Waals surface area (Å²) in [6, 6.07) is 5.61. The Labute approximate surface area is 105 Å². The Morgan fingerprint density at radius 3 is 2.94 bits per heavy atom. The smallest absolute Gasteiger partial charge is 0.122 e. The summed E-state index contributed by atoms with van der Waals surface area (Å²) in [4.78, 5) is 4.46. The van der Waals surface area contributed by atoms with Gasteiger partial charge in [-0.1, -0.05) is 12.2 Å². The van der Waals surface area contributed by atoms with Crippen molar-refractivity contribution in [2.75, 3.05) is 11.9 Å². The molecule has 0 spiro atoms. The van der Waals surface area contributed by atoms with E-state index < -0.39 is 0 Å². The molecule has 2 aromatic heterocycles. The average Bonchev–Trinajstić information content (AvgIpc) is 2.83. The third-order valence-electron chi connectivity index (χ3n) is 2.25. The number of nitrogens with one attached hydrogen (secondary N) is 1. The van der Waals surface area contributed by atoms with Gasteiger partial charge in [-0.15, -0.1) is 0 Å². The molecular weight excluding hydrogens is 234 g/mol. The lowest BCUT2D eigenvalue weighted by Gasteiger charge is -2.06. The molecule has 0 aliphatic heterocycles. The lowest BCUT2D eigenvalue weighted by Crippen LogP contribution is -2.13. The second-order valence-corrected chi connectivity index (χ2v) is 3.93. The van der Waals surface area contributed by atoms with Crippen LogP contribution in [0.5, 0.6) is 0 Å². The zero-order chi connectivity index (χ0) is 12.1. The van der Waals surface area contributed by atoms with Crippen LogP contribution in [-0.2, 0) is 6.54 Å². The zero-order valence-corrected chi connectivity index (χ0v) is 10.0. The zero-order valence-electron chi connectivity index (χ0n) is 9.21. The molecule has 0 aliphatic carbocycles. The highest BCUT2D eigenvalue weighted by Crippen LogP contribution is 2.05. The number of nitrogens with zero attached hydrogens (tertiary/aromatic N) is 3. The van der Waals surface area contributed by atoms with Gasteiger partial charge in [0.25, 0.3) is 0 Å². The van der Waals surface area contributed by atoms with Gasteiger partial charge in [0, 0.05) is 18.9 Å². The van der Waals surface area contributed by atoms with E-state index in [1.54, 1.807) is 18.5 Å². The summed E-state index contributed by atoms with van der Waals surface area (Å²) in [5, 5.41) is 7.35. The Bertz CT molecular complexity index is 477. The van der Waals surface area contributed by atoms with Crippen LogP contribution in [0.2, 0.25) is 0 Å². The quantitative estimate of drug-likeness (QED) is 0.772. The van der Waals surface area contributed by atoms with Crippen molar-refractivity contribution in [1.82, 2.24) is 14.8 Å². The second-order valence-electron chi connectivity index (χ2n) is 3.49. The Morgan fingerprint density at radius 2 is 2.35 bits per heavy atom. The van der Waals surface area contributed by atoms with Crippen molar-refractivity contribution in [3.63, 3.8) is 0 Å². The highest BCUT2D eigenvalue weighted by molar-refractivity contribution is 7.80. The molecule has 2 heterocycles.